The molecule has 2 heterocycles. The van der Waals surface area contributed by atoms with Gasteiger partial charge in [0, 0.05) is 22.6 Å². The summed E-state index contributed by atoms with van der Waals surface area (Å²) in [5, 5.41) is 12.7. The highest BCUT2D eigenvalue weighted by atomic mass is 79.9. The van der Waals surface area contributed by atoms with Crippen LogP contribution >= 0.6 is 15.9 Å². The number of aromatic nitrogens is 4. The van der Waals surface area contributed by atoms with Crippen LogP contribution in [0, 0.1) is 0 Å². The van der Waals surface area contributed by atoms with E-state index in [0.717, 1.165) is 46.3 Å². The van der Waals surface area contributed by atoms with E-state index < -0.39 is 0 Å². The Hall–Kier alpha value is -1.79. The average Bonchev–Trinajstić information content (AvgIpc) is 2.95. The number of nitrogens with one attached hydrogen (secondary N) is 1. The van der Waals surface area contributed by atoms with Gasteiger partial charge < -0.3 is 5.32 Å². The first kappa shape index (κ1) is 14.2. The third kappa shape index (κ3) is 2.96. The maximum absolute atomic E-state index is 4.52. The number of hydrogen-bond acceptors (Lipinski definition) is 4. The summed E-state index contributed by atoms with van der Waals surface area (Å²) in [6, 6.07) is 8.12. The monoisotopic (exact) mass is 345 g/mol. The third-order valence-corrected chi connectivity index (χ3v) is 3.67. The molecule has 1 N–H and O–H groups in total. The molecule has 21 heavy (non-hydrogen) atoms. The van der Waals surface area contributed by atoms with Crippen molar-refractivity contribution in [1.82, 2.24) is 25.3 Å². The fourth-order valence-electron chi connectivity index (χ4n) is 2.26. The number of benzene rings is 1. The van der Waals surface area contributed by atoms with Crippen molar-refractivity contribution >= 4 is 26.8 Å². The maximum Gasteiger partial charge on any atom is 0.0960 e. The van der Waals surface area contributed by atoms with Crippen LogP contribution in [0.5, 0.6) is 0 Å². The largest absolute Gasteiger partial charge is 0.311 e. The van der Waals surface area contributed by atoms with Crippen LogP contribution in [0.25, 0.3) is 16.6 Å². The van der Waals surface area contributed by atoms with Gasteiger partial charge in [-0.15, -0.1) is 5.10 Å². The molecule has 6 heteroatoms. The van der Waals surface area contributed by atoms with Gasteiger partial charge in [0.05, 0.1) is 23.1 Å². The van der Waals surface area contributed by atoms with Crippen molar-refractivity contribution in [1.29, 1.82) is 0 Å². The van der Waals surface area contributed by atoms with Crippen molar-refractivity contribution in [3.05, 3.63) is 46.8 Å². The minimum Gasteiger partial charge on any atom is -0.311 e. The second-order valence-corrected chi connectivity index (χ2v) is 5.73. The Balaban J connectivity index is 2.03. The Morgan fingerprint density at radius 1 is 1.29 bits per heavy atom. The maximum atomic E-state index is 4.52. The van der Waals surface area contributed by atoms with Crippen LogP contribution in [0.4, 0.5) is 0 Å². The zero-order valence-electron chi connectivity index (χ0n) is 11.8. The van der Waals surface area contributed by atoms with Gasteiger partial charge in [-0.2, -0.15) is 0 Å². The van der Waals surface area contributed by atoms with Crippen LogP contribution in [0.3, 0.4) is 0 Å². The fourth-order valence-corrected chi connectivity index (χ4v) is 2.61. The molecule has 0 aliphatic carbocycles. The molecule has 108 valence electrons. The first-order valence-corrected chi connectivity index (χ1v) is 7.74. The molecular formula is C15H16BrN5. The van der Waals surface area contributed by atoms with Crippen molar-refractivity contribution < 1.29 is 0 Å². The summed E-state index contributed by atoms with van der Waals surface area (Å²) >= 11 is 3.46. The second kappa shape index (κ2) is 6.32. The van der Waals surface area contributed by atoms with Crippen molar-refractivity contribution in [2.75, 3.05) is 6.54 Å². The summed E-state index contributed by atoms with van der Waals surface area (Å²) in [6.45, 7) is 3.87. The van der Waals surface area contributed by atoms with E-state index in [-0.39, 0.29) is 0 Å². The van der Waals surface area contributed by atoms with Crippen molar-refractivity contribution in [3.63, 3.8) is 0 Å². The van der Waals surface area contributed by atoms with Gasteiger partial charge in [-0.05, 0) is 41.0 Å². The molecule has 5 nitrogen and oxygen atoms in total. The molecule has 0 spiro atoms. The van der Waals surface area contributed by atoms with Crippen LogP contribution in [-0.4, -0.2) is 26.5 Å². The Morgan fingerprint density at radius 2 is 2.19 bits per heavy atom. The second-order valence-electron chi connectivity index (χ2n) is 4.82. The highest BCUT2D eigenvalue weighted by molar-refractivity contribution is 9.10. The van der Waals surface area contributed by atoms with Gasteiger partial charge in [0.25, 0.3) is 0 Å². The molecule has 1 aromatic carbocycles. The average molecular weight is 346 g/mol. The first-order chi connectivity index (χ1) is 10.3. The van der Waals surface area contributed by atoms with E-state index in [0.29, 0.717) is 0 Å². The lowest BCUT2D eigenvalue weighted by molar-refractivity contribution is 0.642. The minimum absolute atomic E-state index is 0.744. The Labute approximate surface area is 131 Å². The van der Waals surface area contributed by atoms with Gasteiger partial charge in [0.1, 0.15) is 0 Å². The SMILES string of the molecule is CCCNCc1cnnn1-c1cccc2cc(Br)cnc12. The van der Waals surface area contributed by atoms with Gasteiger partial charge in [-0.25, -0.2) is 4.68 Å². The molecule has 0 unspecified atom stereocenters. The molecule has 0 radical (unpaired) electrons. The van der Waals surface area contributed by atoms with Gasteiger partial charge in [-0.1, -0.05) is 24.3 Å². The van der Waals surface area contributed by atoms with E-state index in [9.17, 15) is 0 Å². The Kier molecular flexibility index (Phi) is 4.26. The van der Waals surface area contributed by atoms with Crippen molar-refractivity contribution in [2.45, 2.75) is 19.9 Å². The predicted octanol–water partition coefficient (Wildman–Crippen LogP) is 3.08. The van der Waals surface area contributed by atoms with Crippen molar-refractivity contribution in [3.8, 4) is 5.69 Å². The van der Waals surface area contributed by atoms with Gasteiger partial charge in [0.15, 0.2) is 0 Å². The zero-order chi connectivity index (χ0) is 14.7. The Bertz CT molecular complexity index is 753. The number of hydrogen-bond donors (Lipinski definition) is 1. The van der Waals surface area contributed by atoms with E-state index in [1.54, 1.807) is 12.4 Å². The summed E-state index contributed by atoms with van der Waals surface area (Å²) in [4.78, 5) is 4.52. The van der Waals surface area contributed by atoms with Crippen LogP contribution in [0.2, 0.25) is 0 Å². The number of pyridine rings is 1. The van der Waals surface area contributed by atoms with Gasteiger partial charge in [-0.3, -0.25) is 4.98 Å². The Morgan fingerprint density at radius 3 is 3.05 bits per heavy atom. The molecule has 0 saturated heterocycles. The molecule has 0 fully saturated rings. The quantitative estimate of drug-likeness (QED) is 0.722. The predicted molar refractivity (Wildman–Crippen MR) is 86.4 cm³/mol. The highest BCUT2D eigenvalue weighted by Crippen LogP contribution is 2.23. The van der Waals surface area contributed by atoms with Crippen LogP contribution < -0.4 is 5.32 Å². The molecule has 0 bridgehead atoms. The summed E-state index contributed by atoms with van der Waals surface area (Å²) in [5.74, 6) is 0. The van der Waals surface area contributed by atoms with Crippen LogP contribution in [-0.2, 0) is 6.54 Å². The molecule has 0 amide bonds. The molecule has 0 aliphatic rings. The lowest BCUT2D eigenvalue weighted by Crippen LogP contribution is -2.17. The summed E-state index contributed by atoms with van der Waals surface area (Å²) in [5.41, 5.74) is 2.90. The van der Waals surface area contributed by atoms with E-state index in [4.69, 9.17) is 0 Å². The highest BCUT2D eigenvalue weighted by Gasteiger charge is 2.10. The lowest BCUT2D eigenvalue weighted by Gasteiger charge is -2.09. The fraction of sp³-hybridized carbons (Fsp3) is 0.267. The lowest BCUT2D eigenvalue weighted by atomic mass is 10.2. The number of nitrogens with zero attached hydrogens (tertiary/aromatic N) is 4. The number of rotatable bonds is 5. The summed E-state index contributed by atoms with van der Waals surface area (Å²) in [7, 11) is 0. The standard InChI is InChI=1S/C15H16BrN5/c1-2-6-17-9-13-10-19-20-21(13)14-5-3-4-11-7-12(16)8-18-15(11)14/h3-5,7-8,10,17H,2,6,9H2,1H3. The number of fused-ring (bicyclic) bond motifs is 1. The summed E-state index contributed by atoms with van der Waals surface area (Å²) in [6.07, 6.45) is 4.70. The minimum atomic E-state index is 0.744. The van der Waals surface area contributed by atoms with E-state index >= 15 is 0 Å². The molecule has 2 aromatic heterocycles. The zero-order valence-corrected chi connectivity index (χ0v) is 13.3. The van der Waals surface area contributed by atoms with Crippen LogP contribution in [0.15, 0.2) is 41.1 Å². The topological polar surface area (TPSA) is 55.6 Å². The molecular weight excluding hydrogens is 330 g/mol. The van der Waals surface area contributed by atoms with Crippen molar-refractivity contribution in [2.24, 2.45) is 0 Å². The number of para-hydroxylation sites is 1. The number of halogens is 1. The smallest absolute Gasteiger partial charge is 0.0960 e. The molecule has 3 aromatic rings. The first-order valence-electron chi connectivity index (χ1n) is 6.94. The van der Waals surface area contributed by atoms with E-state index in [1.807, 2.05) is 22.9 Å². The van der Waals surface area contributed by atoms with E-state index in [1.165, 1.54) is 0 Å². The van der Waals surface area contributed by atoms with Crippen LogP contribution in [0.1, 0.15) is 19.0 Å². The molecule has 3 rings (SSSR count). The van der Waals surface area contributed by atoms with Gasteiger partial charge >= 0.3 is 0 Å². The molecule has 0 atom stereocenters. The molecule has 0 saturated carbocycles. The third-order valence-electron chi connectivity index (χ3n) is 3.24. The molecule has 0 aliphatic heterocycles. The van der Waals surface area contributed by atoms with Gasteiger partial charge in [0.2, 0.25) is 0 Å². The normalized spacial score (nSPS) is 11.1. The van der Waals surface area contributed by atoms with E-state index in [2.05, 4.69) is 49.5 Å². The summed E-state index contributed by atoms with van der Waals surface area (Å²) < 4.78 is 2.82.